The fourth-order valence-electron chi connectivity index (χ4n) is 4.06. The molecule has 1 aliphatic heterocycles. The van der Waals surface area contributed by atoms with Crippen molar-refractivity contribution in [3.8, 4) is 5.75 Å². The number of halogens is 4. The topological polar surface area (TPSA) is 47.6 Å². The van der Waals surface area contributed by atoms with Crippen molar-refractivity contribution in [2.45, 2.75) is 50.4 Å². The summed E-state index contributed by atoms with van der Waals surface area (Å²) in [5.41, 5.74) is 0.383. The first-order valence-corrected chi connectivity index (χ1v) is 10.6. The molecule has 1 aliphatic carbocycles. The lowest BCUT2D eigenvalue weighted by molar-refractivity contribution is -0.185. The van der Waals surface area contributed by atoms with Crippen LogP contribution in [0.15, 0.2) is 30.3 Å². The average molecular weight is 519 g/mol. The molecule has 1 amide bonds. The van der Waals surface area contributed by atoms with Gasteiger partial charge in [-0.1, -0.05) is 18.2 Å². The highest BCUT2D eigenvalue weighted by molar-refractivity contribution is 14.1. The van der Waals surface area contributed by atoms with Crippen molar-refractivity contribution in [2.75, 3.05) is 6.61 Å². The van der Waals surface area contributed by atoms with Crippen molar-refractivity contribution in [1.82, 2.24) is 5.32 Å². The smallest absolute Gasteiger partial charge is 0.408 e. The highest BCUT2D eigenvalue weighted by Gasteiger charge is 2.42. The molecule has 0 aromatic heterocycles. The van der Waals surface area contributed by atoms with Crippen LogP contribution < -0.4 is 10.1 Å². The number of cyclic esters (lactones) is 1. The minimum Gasteiger partial charge on any atom is -0.489 e. The van der Waals surface area contributed by atoms with Crippen molar-refractivity contribution < 1.29 is 27.4 Å². The predicted octanol–water partition coefficient (Wildman–Crippen LogP) is 5.90. The van der Waals surface area contributed by atoms with Gasteiger partial charge in [-0.05, 0) is 83.7 Å². The molecule has 156 valence electrons. The van der Waals surface area contributed by atoms with Crippen LogP contribution in [0.5, 0.6) is 5.75 Å². The van der Waals surface area contributed by atoms with Gasteiger partial charge in [-0.25, -0.2) is 4.79 Å². The zero-order valence-corrected chi connectivity index (χ0v) is 18.0. The molecule has 0 radical (unpaired) electrons. The Morgan fingerprint density at radius 1 is 1.17 bits per heavy atom. The van der Waals surface area contributed by atoms with Gasteiger partial charge in [0, 0.05) is 0 Å². The molecule has 2 aliphatic rings. The van der Waals surface area contributed by atoms with E-state index >= 15 is 0 Å². The van der Waals surface area contributed by atoms with Crippen LogP contribution in [0.4, 0.5) is 18.0 Å². The van der Waals surface area contributed by atoms with Crippen LogP contribution in [0.3, 0.4) is 0 Å². The van der Waals surface area contributed by atoms with Gasteiger partial charge in [0.05, 0.1) is 21.1 Å². The fourth-order valence-corrected chi connectivity index (χ4v) is 4.85. The maximum Gasteiger partial charge on any atom is 0.408 e. The van der Waals surface area contributed by atoms with Crippen molar-refractivity contribution in [3.05, 3.63) is 39.5 Å². The molecule has 1 heterocycles. The number of carbonyl (C=O) groups is 1. The Kier molecular flexibility index (Phi) is 5.33. The van der Waals surface area contributed by atoms with E-state index in [1.165, 1.54) is 0 Å². The monoisotopic (exact) mass is 519 g/mol. The number of ether oxygens (including phenoxy) is 2. The summed E-state index contributed by atoms with van der Waals surface area (Å²) in [5.74, 6) is -0.511. The molecule has 8 heteroatoms. The minimum atomic E-state index is -4.11. The number of alkyl halides is 3. The minimum absolute atomic E-state index is 0.119. The Balaban J connectivity index is 1.51. The molecule has 2 fully saturated rings. The number of amides is 1. The maximum absolute atomic E-state index is 12.9. The molecule has 0 bridgehead atoms. The van der Waals surface area contributed by atoms with Gasteiger partial charge in [-0.3, -0.25) is 0 Å². The quantitative estimate of drug-likeness (QED) is 0.514. The number of carbonyl (C=O) groups excluding carboxylic acids is 1. The lowest BCUT2D eigenvalue weighted by Gasteiger charge is -2.30. The maximum atomic E-state index is 12.9. The number of alkyl carbamates (subject to hydrolysis) is 1. The van der Waals surface area contributed by atoms with E-state index < -0.39 is 23.7 Å². The fraction of sp³-hybridized carbons (Fsp3) is 0.476. The molecule has 29 heavy (non-hydrogen) atoms. The zero-order valence-electron chi connectivity index (χ0n) is 15.8. The van der Waals surface area contributed by atoms with E-state index in [2.05, 4.69) is 27.9 Å². The van der Waals surface area contributed by atoms with Gasteiger partial charge in [0.15, 0.2) is 0 Å². The number of hydrogen-bond donors (Lipinski definition) is 1. The van der Waals surface area contributed by atoms with Crippen LogP contribution in [-0.4, -0.2) is 25.0 Å². The number of rotatable bonds is 3. The molecule has 4 rings (SSSR count). The molecule has 4 nitrogen and oxygen atoms in total. The van der Waals surface area contributed by atoms with E-state index in [0.29, 0.717) is 18.6 Å². The highest BCUT2D eigenvalue weighted by atomic mass is 127. The summed E-state index contributed by atoms with van der Waals surface area (Å²) >= 11 is 2.22. The Bertz CT molecular complexity index is 941. The molecule has 0 unspecified atom stereocenters. The number of fused-ring (bicyclic) bond motifs is 1. The number of hydrogen-bond acceptors (Lipinski definition) is 3. The summed E-state index contributed by atoms with van der Waals surface area (Å²) in [5, 5.41) is 4.84. The van der Waals surface area contributed by atoms with Crippen molar-refractivity contribution in [3.63, 3.8) is 0 Å². The summed E-state index contributed by atoms with van der Waals surface area (Å²) in [6.45, 7) is 2.19. The Labute approximate surface area is 180 Å². The van der Waals surface area contributed by atoms with Crippen LogP contribution in [0.25, 0.3) is 10.8 Å². The largest absolute Gasteiger partial charge is 0.489 e. The van der Waals surface area contributed by atoms with Crippen LogP contribution in [0.2, 0.25) is 0 Å². The summed E-state index contributed by atoms with van der Waals surface area (Å²) in [6.07, 6.45) is -3.66. The van der Waals surface area contributed by atoms with Crippen LogP contribution in [-0.2, 0) is 10.3 Å². The van der Waals surface area contributed by atoms with E-state index in [0.717, 1.165) is 19.9 Å². The average Bonchev–Trinajstić information content (AvgIpc) is 3.03. The third-order valence-electron chi connectivity index (χ3n) is 5.86. The molecular formula is C21H21F3INO3. The third-order valence-corrected chi connectivity index (χ3v) is 6.97. The van der Waals surface area contributed by atoms with Crippen LogP contribution in [0, 0.1) is 9.49 Å². The first kappa shape index (κ1) is 20.6. The molecule has 2 aromatic rings. The van der Waals surface area contributed by atoms with Crippen LogP contribution in [0.1, 0.15) is 38.2 Å². The van der Waals surface area contributed by atoms with Crippen LogP contribution >= 0.6 is 22.6 Å². The molecule has 2 aromatic carbocycles. The van der Waals surface area contributed by atoms with Gasteiger partial charge in [0.2, 0.25) is 0 Å². The normalized spacial score (nSPS) is 27.6. The second kappa shape index (κ2) is 7.52. The van der Waals surface area contributed by atoms with E-state index in [4.69, 9.17) is 9.47 Å². The SMILES string of the molecule is C[C@@]1(c2ccc3c(I)c(OC4CCC(C(F)(F)F)CC4)ccc3c2)COC(=O)N1. The second-order valence-electron chi connectivity index (χ2n) is 7.98. The van der Waals surface area contributed by atoms with Gasteiger partial charge >= 0.3 is 12.3 Å². The Morgan fingerprint density at radius 2 is 1.90 bits per heavy atom. The standard InChI is InChI=1S/C21H21F3INO3/c1-20(11-28-19(27)26-20)14-5-8-16-12(10-14)2-9-17(18(16)25)29-15-6-3-13(4-7-15)21(22,23)24/h2,5,8-10,13,15H,3-4,6-7,11H2,1H3,(H,26,27)/t13?,15?,20-/m0/s1. The number of benzene rings is 2. The Morgan fingerprint density at radius 3 is 2.52 bits per heavy atom. The van der Waals surface area contributed by atoms with Gasteiger partial charge < -0.3 is 14.8 Å². The second-order valence-corrected chi connectivity index (χ2v) is 9.06. The van der Waals surface area contributed by atoms with E-state index in [1.807, 2.05) is 37.3 Å². The lowest BCUT2D eigenvalue weighted by atomic mass is 9.87. The lowest BCUT2D eigenvalue weighted by Crippen LogP contribution is -2.37. The number of nitrogens with one attached hydrogen (secondary N) is 1. The van der Waals surface area contributed by atoms with E-state index in [-0.39, 0.29) is 25.6 Å². The van der Waals surface area contributed by atoms with E-state index in [1.54, 1.807) is 0 Å². The third kappa shape index (κ3) is 4.13. The van der Waals surface area contributed by atoms with Crippen molar-refractivity contribution >= 4 is 39.5 Å². The zero-order chi connectivity index (χ0) is 20.8. The molecule has 1 saturated heterocycles. The van der Waals surface area contributed by atoms with Crippen molar-refractivity contribution in [1.29, 1.82) is 0 Å². The predicted molar refractivity (Wildman–Crippen MR) is 111 cm³/mol. The summed E-state index contributed by atoms with van der Waals surface area (Å²) in [4.78, 5) is 11.4. The van der Waals surface area contributed by atoms with Gasteiger partial charge in [-0.15, -0.1) is 0 Å². The van der Waals surface area contributed by atoms with E-state index in [9.17, 15) is 18.0 Å². The van der Waals surface area contributed by atoms with Gasteiger partial charge in [0.25, 0.3) is 0 Å². The summed E-state index contributed by atoms with van der Waals surface area (Å²) in [6, 6.07) is 9.77. The molecule has 1 N–H and O–H groups in total. The van der Waals surface area contributed by atoms with Gasteiger partial charge in [-0.2, -0.15) is 13.2 Å². The molecule has 1 atom stereocenters. The first-order chi connectivity index (χ1) is 13.7. The van der Waals surface area contributed by atoms with Gasteiger partial charge in [0.1, 0.15) is 12.4 Å². The summed E-state index contributed by atoms with van der Waals surface area (Å²) < 4.78 is 50.6. The Hall–Kier alpha value is -1.71. The molecule has 0 spiro atoms. The van der Waals surface area contributed by atoms with Crippen molar-refractivity contribution in [2.24, 2.45) is 5.92 Å². The highest BCUT2D eigenvalue weighted by Crippen LogP contribution is 2.40. The summed E-state index contributed by atoms with van der Waals surface area (Å²) in [7, 11) is 0. The molecular weight excluding hydrogens is 498 g/mol. The first-order valence-electron chi connectivity index (χ1n) is 9.57. The molecule has 1 saturated carbocycles.